The number of nitrogens with zero attached hydrogens (tertiary/aromatic N) is 1. The van der Waals surface area contributed by atoms with E-state index in [1.165, 1.54) is 0 Å². The number of amides is 1. The summed E-state index contributed by atoms with van der Waals surface area (Å²) in [5.41, 5.74) is 7.36. The lowest BCUT2D eigenvalue weighted by atomic mass is 9.63. The van der Waals surface area contributed by atoms with Gasteiger partial charge in [-0.05, 0) is 79.3 Å². The molecular weight excluding hydrogens is 648 g/mol. The molecule has 0 aromatic heterocycles. The van der Waals surface area contributed by atoms with Crippen LogP contribution in [0, 0.1) is 24.7 Å². The van der Waals surface area contributed by atoms with E-state index in [1.54, 1.807) is 6.07 Å². The summed E-state index contributed by atoms with van der Waals surface area (Å²) >= 11 is 6.98. The van der Waals surface area contributed by atoms with Gasteiger partial charge in [0.15, 0.2) is 29.7 Å². The highest BCUT2D eigenvalue weighted by atomic mass is 35.5. The van der Waals surface area contributed by atoms with Gasteiger partial charge < -0.3 is 19.7 Å². The van der Waals surface area contributed by atoms with Crippen molar-refractivity contribution in [2.45, 2.75) is 86.6 Å². The summed E-state index contributed by atoms with van der Waals surface area (Å²) in [6.45, 7) is 15.0. The number of rotatable bonds is 9. The molecule has 2 aliphatic carbocycles. The van der Waals surface area contributed by atoms with Crippen LogP contribution in [0.5, 0.6) is 11.5 Å². The summed E-state index contributed by atoms with van der Waals surface area (Å²) in [6, 6.07) is 19.6. The first-order valence-corrected chi connectivity index (χ1v) is 17.8. The van der Waals surface area contributed by atoms with E-state index < -0.39 is 5.92 Å². The third kappa shape index (κ3) is 7.25. The number of Topliss-reactive ketones (excluding diaryl/α,β-unsaturated/α-hetero) is 2. The van der Waals surface area contributed by atoms with E-state index in [2.05, 4.69) is 50.0 Å². The average molecular weight is 695 g/mol. The Morgan fingerprint density at radius 2 is 1.48 bits per heavy atom. The molecule has 3 aromatic carbocycles. The molecular formula is C42H47ClN2O5. The van der Waals surface area contributed by atoms with Crippen LogP contribution in [0.2, 0.25) is 5.02 Å². The highest BCUT2D eigenvalue weighted by Gasteiger charge is 2.49. The van der Waals surface area contributed by atoms with Crippen LogP contribution in [0.3, 0.4) is 0 Å². The van der Waals surface area contributed by atoms with E-state index in [4.69, 9.17) is 21.1 Å². The quantitative estimate of drug-likeness (QED) is 0.240. The molecule has 262 valence electrons. The number of carbonyl (C=O) groups excluding carboxylic acids is 3. The molecule has 1 aliphatic heterocycles. The van der Waals surface area contributed by atoms with Crippen molar-refractivity contribution < 1.29 is 23.9 Å². The molecule has 0 atom stereocenters. The molecule has 6 rings (SSSR count). The highest BCUT2D eigenvalue weighted by Crippen LogP contribution is 2.55. The van der Waals surface area contributed by atoms with Gasteiger partial charge in [0.2, 0.25) is 0 Å². The molecule has 0 bridgehead atoms. The molecule has 50 heavy (non-hydrogen) atoms. The molecule has 1 N–H and O–H groups in total. The summed E-state index contributed by atoms with van der Waals surface area (Å²) in [4.78, 5) is 43.9. The van der Waals surface area contributed by atoms with Crippen LogP contribution in [-0.2, 0) is 20.9 Å². The monoisotopic (exact) mass is 694 g/mol. The Hall–Kier alpha value is -4.36. The zero-order valence-electron chi connectivity index (χ0n) is 30.2. The van der Waals surface area contributed by atoms with Crippen molar-refractivity contribution >= 4 is 34.8 Å². The first-order valence-electron chi connectivity index (χ1n) is 17.5. The molecule has 0 unspecified atom stereocenters. The van der Waals surface area contributed by atoms with Crippen molar-refractivity contribution in [1.29, 1.82) is 0 Å². The second-order valence-corrected chi connectivity index (χ2v) is 15.9. The number of halogens is 1. The molecule has 3 aromatic rings. The Morgan fingerprint density at radius 3 is 2.06 bits per heavy atom. The number of ether oxygens (including phenoxy) is 2. The number of benzene rings is 3. The maximum Gasteiger partial charge on any atom is 0.262 e. The normalized spacial score (nSPS) is 18.5. The molecule has 7 nitrogen and oxygen atoms in total. The number of hydrogen-bond donors (Lipinski definition) is 1. The van der Waals surface area contributed by atoms with E-state index in [0.717, 1.165) is 28.1 Å². The standard InChI is InChI=1S/C42H47ClN2O5/c1-8-49-35-18-28(17-29(43)40(35)50-24-36(48)44-30-15-14-25(2)16-26(30)3)37-38-31(19-41(4,5)21-33(38)46)45(23-27-12-10-9-11-13-27)32-20-42(6,7)22-34(47)39(32)37/h9-18,37H,8,19-24H2,1-7H3,(H,44,48). The number of ketones is 2. The van der Waals surface area contributed by atoms with Crippen LogP contribution in [0.15, 0.2) is 83.2 Å². The minimum atomic E-state index is -0.599. The van der Waals surface area contributed by atoms with Gasteiger partial charge in [0.05, 0.1) is 11.6 Å². The summed E-state index contributed by atoms with van der Waals surface area (Å²) in [5, 5.41) is 3.15. The van der Waals surface area contributed by atoms with Crippen LogP contribution >= 0.6 is 11.6 Å². The van der Waals surface area contributed by atoms with E-state index >= 15 is 0 Å². The molecule has 0 spiro atoms. The van der Waals surface area contributed by atoms with Crippen LogP contribution in [0.1, 0.15) is 88.5 Å². The SMILES string of the molecule is CCOc1cc(C2C3=C(CC(C)(C)CC3=O)N(Cc3ccccc3)C3=C2C(=O)CC(C)(C)C3)cc(Cl)c1OCC(=O)Nc1ccc(C)cc1C. The van der Waals surface area contributed by atoms with Crippen LogP contribution in [-0.4, -0.2) is 35.6 Å². The number of allylic oxidation sites excluding steroid dienone is 4. The number of hydrogen-bond acceptors (Lipinski definition) is 6. The topological polar surface area (TPSA) is 84.9 Å². The Kier molecular flexibility index (Phi) is 9.75. The van der Waals surface area contributed by atoms with Gasteiger partial charge in [-0.1, -0.05) is 87.3 Å². The lowest BCUT2D eigenvalue weighted by Crippen LogP contribution is -2.44. The van der Waals surface area contributed by atoms with Gasteiger partial charge in [-0.25, -0.2) is 0 Å². The summed E-state index contributed by atoms with van der Waals surface area (Å²) in [7, 11) is 0. The number of aryl methyl sites for hydroxylation is 2. The highest BCUT2D eigenvalue weighted by molar-refractivity contribution is 6.32. The van der Waals surface area contributed by atoms with Crippen LogP contribution in [0.25, 0.3) is 0 Å². The molecule has 0 saturated heterocycles. The molecule has 1 heterocycles. The third-order valence-corrected chi connectivity index (χ3v) is 10.2. The smallest absolute Gasteiger partial charge is 0.262 e. The van der Waals surface area contributed by atoms with E-state index in [1.807, 2.05) is 63.2 Å². The van der Waals surface area contributed by atoms with E-state index in [-0.39, 0.29) is 45.7 Å². The number of anilines is 1. The lowest BCUT2D eigenvalue weighted by Gasteiger charge is -2.49. The fourth-order valence-electron chi connectivity index (χ4n) is 7.77. The second-order valence-electron chi connectivity index (χ2n) is 15.5. The molecule has 8 heteroatoms. The lowest BCUT2D eigenvalue weighted by molar-refractivity contribution is -0.120. The van der Waals surface area contributed by atoms with Gasteiger partial charge in [-0.15, -0.1) is 0 Å². The van der Waals surface area contributed by atoms with Crippen molar-refractivity contribution in [2.75, 3.05) is 18.5 Å². The minimum absolute atomic E-state index is 0.0426. The average Bonchev–Trinajstić information content (AvgIpc) is 3.02. The molecule has 0 saturated carbocycles. The zero-order chi connectivity index (χ0) is 36.0. The van der Waals surface area contributed by atoms with Crippen molar-refractivity contribution in [1.82, 2.24) is 4.90 Å². The largest absolute Gasteiger partial charge is 0.490 e. The Morgan fingerprint density at radius 1 is 0.860 bits per heavy atom. The third-order valence-electron chi connectivity index (χ3n) is 9.87. The van der Waals surface area contributed by atoms with Crippen molar-refractivity contribution in [3.8, 4) is 11.5 Å². The predicted molar refractivity (Wildman–Crippen MR) is 197 cm³/mol. The number of carbonyl (C=O) groups is 3. The van der Waals surface area contributed by atoms with Gasteiger partial charge in [-0.2, -0.15) is 0 Å². The minimum Gasteiger partial charge on any atom is -0.490 e. The summed E-state index contributed by atoms with van der Waals surface area (Å²) < 4.78 is 12.1. The van der Waals surface area contributed by atoms with Crippen LogP contribution in [0.4, 0.5) is 5.69 Å². The molecule has 0 fully saturated rings. The van der Waals surface area contributed by atoms with Crippen molar-refractivity contribution in [3.63, 3.8) is 0 Å². The van der Waals surface area contributed by atoms with Gasteiger partial charge >= 0.3 is 0 Å². The summed E-state index contributed by atoms with van der Waals surface area (Å²) in [6.07, 6.45) is 2.16. The fourth-order valence-corrected chi connectivity index (χ4v) is 8.05. The van der Waals surface area contributed by atoms with Gasteiger partial charge in [0.25, 0.3) is 5.91 Å². The molecule has 1 amide bonds. The number of nitrogens with one attached hydrogen (secondary N) is 1. The molecule has 3 aliphatic rings. The first kappa shape index (κ1) is 35.5. The second kappa shape index (κ2) is 13.7. The maximum absolute atomic E-state index is 14.3. The Bertz CT molecular complexity index is 1870. The molecule has 0 radical (unpaired) electrons. The van der Waals surface area contributed by atoms with Crippen LogP contribution < -0.4 is 14.8 Å². The summed E-state index contributed by atoms with van der Waals surface area (Å²) in [5.74, 6) is -0.247. The fraction of sp³-hybridized carbons (Fsp3) is 0.405. The van der Waals surface area contributed by atoms with Gasteiger partial charge in [0.1, 0.15) is 0 Å². The predicted octanol–water partition coefficient (Wildman–Crippen LogP) is 9.26. The zero-order valence-corrected chi connectivity index (χ0v) is 30.9. The van der Waals surface area contributed by atoms with Crippen molar-refractivity contribution in [3.05, 3.63) is 110 Å². The van der Waals surface area contributed by atoms with Gasteiger partial charge in [0, 0.05) is 53.5 Å². The van der Waals surface area contributed by atoms with E-state index in [9.17, 15) is 14.4 Å². The maximum atomic E-state index is 14.3. The van der Waals surface area contributed by atoms with Crippen molar-refractivity contribution in [2.24, 2.45) is 10.8 Å². The van der Waals surface area contributed by atoms with Gasteiger partial charge in [-0.3, -0.25) is 14.4 Å². The first-order chi connectivity index (χ1) is 23.7. The van der Waals surface area contributed by atoms with E-state index in [0.29, 0.717) is 67.0 Å². The Balaban J connectivity index is 1.43. The Labute approximate surface area is 300 Å².